The van der Waals surface area contributed by atoms with E-state index in [0.717, 1.165) is 24.0 Å². The van der Waals surface area contributed by atoms with Crippen molar-refractivity contribution in [3.8, 4) is 0 Å². The van der Waals surface area contributed by atoms with Crippen molar-refractivity contribution >= 4 is 11.5 Å². The molecule has 3 nitrogen and oxygen atoms in total. The lowest BCUT2D eigenvalue weighted by Crippen LogP contribution is -2.49. The van der Waals surface area contributed by atoms with Crippen LogP contribution in [0.4, 0.5) is 0 Å². The number of methoxy groups -OCH3 is 1. The summed E-state index contributed by atoms with van der Waals surface area (Å²) in [6, 6.07) is 9.47. The Morgan fingerprint density at radius 3 is 2.55 bits per heavy atom. The van der Waals surface area contributed by atoms with Gasteiger partial charge in [-0.1, -0.05) is 36.4 Å². The number of carbonyl (C=O) groups is 1. The molecular formula is C19H25NO2. The van der Waals surface area contributed by atoms with Gasteiger partial charge in [0.1, 0.15) is 0 Å². The Morgan fingerprint density at radius 2 is 1.95 bits per heavy atom. The van der Waals surface area contributed by atoms with Crippen molar-refractivity contribution in [3.63, 3.8) is 0 Å². The van der Waals surface area contributed by atoms with E-state index in [1.54, 1.807) is 0 Å². The van der Waals surface area contributed by atoms with Crippen LogP contribution in [-0.4, -0.2) is 37.1 Å². The van der Waals surface area contributed by atoms with E-state index in [-0.39, 0.29) is 17.8 Å². The summed E-state index contributed by atoms with van der Waals surface area (Å²) in [5, 5.41) is 0. The minimum absolute atomic E-state index is 0.0515. The van der Waals surface area contributed by atoms with E-state index in [1.165, 1.54) is 19.1 Å². The van der Waals surface area contributed by atoms with Gasteiger partial charge in [0, 0.05) is 18.0 Å². The standard InChI is InChI=1S/C19H25NO2/c1-12(2)13-5-7-14(8-6-13)16-11-15-9-10-17(20(15)3)18(16)19(21)22-4/h5-8,15-18H,1,9-11H2,2-4H3/t15-,16-,17?,18?/m1/s1. The normalized spacial score (nSPS) is 31.0. The zero-order valence-electron chi connectivity index (χ0n) is 13.7. The first-order valence-corrected chi connectivity index (χ1v) is 8.08. The third-order valence-electron chi connectivity index (χ3n) is 5.57. The number of fused-ring (bicyclic) bond motifs is 2. The summed E-state index contributed by atoms with van der Waals surface area (Å²) in [6.45, 7) is 6.00. The quantitative estimate of drug-likeness (QED) is 0.801. The summed E-state index contributed by atoms with van der Waals surface area (Å²) >= 11 is 0. The first-order chi connectivity index (χ1) is 10.5. The number of hydrogen-bond donors (Lipinski definition) is 0. The molecular weight excluding hydrogens is 274 g/mol. The number of carbonyl (C=O) groups excluding carboxylic acids is 1. The number of piperidine rings is 1. The summed E-state index contributed by atoms with van der Waals surface area (Å²) < 4.78 is 5.12. The second-order valence-electron chi connectivity index (χ2n) is 6.76. The average Bonchev–Trinajstić information content (AvgIpc) is 2.76. The van der Waals surface area contributed by atoms with Crippen LogP contribution in [0.3, 0.4) is 0 Å². The first-order valence-electron chi connectivity index (χ1n) is 8.08. The SMILES string of the molecule is C=C(C)c1ccc([C@H]2C[C@H]3CCC(C2C(=O)OC)N3C)cc1. The van der Waals surface area contributed by atoms with E-state index < -0.39 is 0 Å². The van der Waals surface area contributed by atoms with Gasteiger partial charge < -0.3 is 4.74 Å². The maximum Gasteiger partial charge on any atom is 0.310 e. The zero-order chi connectivity index (χ0) is 15.9. The summed E-state index contributed by atoms with van der Waals surface area (Å²) in [7, 11) is 3.66. The van der Waals surface area contributed by atoms with Crippen molar-refractivity contribution in [2.24, 2.45) is 5.92 Å². The van der Waals surface area contributed by atoms with E-state index in [4.69, 9.17) is 4.74 Å². The zero-order valence-corrected chi connectivity index (χ0v) is 13.7. The monoisotopic (exact) mass is 299 g/mol. The van der Waals surface area contributed by atoms with E-state index in [2.05, 4.69) is 42.8 Å². The van der Waals surface area contributed by atoms with E-state index in [0.29, 0.717) is 12.1 Å². The molecule has 0 saturated carbocycles. The molecule has 2 bridgehead atoms. The summed E-state index contributed by atoms with van der Waals surface area (Å²) in [5.41, 5.74) is 3.49. The second kappa shape index (κ2) is 5.88. The van der Waals surface area contributed by atoms with Gasteiger partial charge in [-0.15, -0.1) is 0 Å². The molecule has 22 heavy (non-hydrogen) atoms. The predicted molar refractivity (Wildman–Crippen MR) is 88.6 cm³/mol. The maximum atomic E-state index is 12.4. The maximum absolute atomic E-state index is 12.4. The molecule has 3 heteroatoms. The third kappa shape index (κ3) is 2.48. The smallest absolute Gasteiger partial charge is 0.310 e. The topological polar surface area (TPSA) is 29.5 Å². The van der Waals surface area contributed by atoms with Crippen LogP contribution in [0.5, 0.6) is 0 Å². The molecule has 1 aromatic rings. The van der Waals surface area contributed by atoms with Gasteiger partial charge in [-0.05, 0) is 44.4 Å². The second-order valence-corrected chi connectivity index (χ2v) is 6.76. The highest BCUT2D eigenvalue weighted by molar-refractivity contribution is 5.75. The molecule has 0 amide bonds. The summed E-state index contributed by atoms with van der Waals surface area (Å²) in [5.74, 6) is 0.149. The van der Waals surface area contributed by atoms with E-state index >= 15 is 0 Å². The number of hydrogen-bond acceptors (Lipinski definition) is 3. The van der Waals surface area contributed by atoms with E-state index in [9.17, 15) is 4.79 Å². The first kappa shape index (κ1) is 15.3. The largest absolute Gasteiger partial charge is 0.469 e. The predicted octanol–water partition coefficient (Wildman–Crippen LogP) is 3.46. The Labute approximate surface area is 133 Å². The molecule has 0 aliphatic carbocycles. The van der Waals surface area contributed by atoms with Gasteiger partial charge >= 0.3 is 5.97 Å². The number of benzene rings is 1. The van der Waals surface area contributed by atoms with Crippen LogP contribution in [0, 0.1) is 5.92 Å². The van der Waals surface area contributed by atoms with Crippen LogP contribution in [0.25, 0.3) is 5.57 Å². The van der Waals surface area contributed by atoms with Gasteiger partial charge in [0.05, 0.1) is 13.0 Å². The van der Waals surface area contributed by atoms with Gasteiger partial charge in [-0.2, -0.15) is 0 Å². The number of rotatable bonds is 3. The molecule has 2 aliphatic heterocycles. The lowest BCUT2D eigenvalue weighted by Gasteiger charge is -2.41. The Hall–Kier alpha value is -1.61. The molecule has 1 aromatic carbocycles. The highest BCUT2D eigenvalue weighted by Gasteiger charge is 2.49. The summed E-state index contributed by atoms with van der Waals surface area (Å²) in [4.78, 5) is 14.8. The van der Waals surface area contributed by atoms with Crippen molar-refractivity contribution in [1.29, 1.82) is 0 Å². The molecule has 0 spiro atoms. The minimum Gasteiger partial charge on any atom is -0.469 e. The van der Waals surface area contributed by atoms with Gasteiger partial charge in [-0.3, -0.25) is 9.69 Å². The van der Waals surface area contributed by atoms with Crippen molar-refractivity contribution in [1.82, 2.24) is 4.90 Å². The van der Waals surface area contributed by atoms with E-state index in [1.807, 2.05) is 6.92 Å². The molecule has 2 heterocycles. The van der Waals surface area contributed by atoms with Gasteiger partial charge in [0.2, 0.25) is 0 Å². The molecule has 0 radical (unpaired) electrons. The fourth-order valence-electron chi connectivity index (χ4n) is 4.28. The molecule has 0 N–H and O–H groups in total. The van der Waals surface area contributed by atoms with Crippen molar-refractivity contribution in [3.05, 3.63) is 42.0 Å². The van der Waals surface area contributed by atoms with Crippen LogP contribution >= 0.6 is 0 Å². The lowest BCUT2D eigenvalue weighted by atomic mass is 9.76. The Balaban J connectivity index is 1.93. The van der Waals surface area contributed by atoms with Crippen LogP contribution in [-0.2, 0) is 9.53 Å². The highest BCUT2D eigenvalue weighted by atomic mass is 16.5. The summed E-state index contributed by atoms with van der Waals surface area (Å²) in [6.07, 6.45) is 3.33. The molecule has 2 saturated heterocycles. The molecule has 2 aliphatic rings. The average molecular weight is 299 g/mol. The Kier molecular flexibility index (Phi) is 4.09. The molecule has 2 unspecified atom stereocenters. The fourth-order valence-corrected chi connectivity index (χ4v) is 4.28. The van der Waals surface area contributed by atoms with Gasteiger partial charge in [0.15, 0.2) is 0 Å². The molecule has 3 rings (SSSR count). The minimum atomic E-state index is -0.0637. The van der Waals surface area contributed by atoms with Crippen molar-refractivity contribution in [2.45, 2.75) is 44.2 Å². The van der Waals surface area contributed by atoms with Crippen molar-refractivity contribution < 1.29 is 9.53 Å². The molecule has 2 fully saturated rings. The number of allylic oxidation sites excluding steroid dienone is 1. The van der Waals surface area contributed by atoms with Crippen LogP contribution < -0.4 is 0 Å². The Morgan fingerprint density at radius 1 is 1.27 bits per heavy atom. The van der Waals surface area contributed by atoms with Gasteiger partial charge in [0.25, 0.3) is 0 Å². The molecule has 4 atom stereocenters. The van der Waals surface area contributed by atoms with Crippen molar-refractivity contribution in [2.75, 3.05) is 14.2 Å². The Bertz CT molecular complexity index is 578. The van der Waals surface area contributed by atoms with Crippen LogP contribution in [0.15, 0.2) is 30.8 Å². The number of ether oxygens (including phenoxy) is 1. The van der Waals surface area contributed by atoms with Crippen LogP contribution in [0.1, 0.15) is 43.2 Å². The number of esters is 1. The highest BCUT2D eigenvalue weighted by Crippen LogP contribution is 2.46. The fraction of sp³-hybridized carbons (Fsp3) is 0.526. The van der Waals surface area contributed by atoms with Crippen LogP contribution in [0.2, 0.25) is 0 Å². The number of nitrogens with zero attached hydrogens (tertiary/aromatic N) is 1. The lowest BCUT2D eigenvalue weighted by molar-refractivity contribution is -0.150. The molecule has 118 valence electrons. The molecule has 0 aromatic heterocycles. The third-order valence-corrected chi connectivity index (χ3v) is 5.57. The van der Waals surface area contributed by atoms with Gasteiger partial charge in [-0.25, -0.2) is 0 Å².